The van der Waals surface area contributed by atoms with Crippen LogP contribution >= 0.6 is 23.1 Å². The molecule has 1 N–H and O–H groups in total. The normalized spacial score (nSPS) is 10.9. The minimum Gasteiger partial charge on any atom is -0.508 e. The zero-order valence-electron chi connectivity index (χ0n) is 9.57. The number of benzene rings is 1. The summed E-state index contributed by atoms with van der Waals surface area (Å²) in [7, 11) is 0. The van der Waals surface area contributed by atoms with Gasteiger partial charge in [0.05, 0.1) is 0 Å². The van der Waals surface area contributed by atoms with Gasteiger partial charge in [0.1, 0.15) is 16.8 Å². The molecule has 0 unspecified atom stereocenters. The lowest BCUT2D eigenvalue weighted by molar-refractivity contribution is 0.473. The minimum atomic E-state index is -0.425. The molecule has 7 heteroatoms. The van der Waals surface area contributed by atoms with Crippen molar-refractivity contribution in [2.75, 3.05) is 0 Å². The monoisotopic (exact) mass is 292 g/mol. The molecular formula is C12H8N2O3S2. The molecule has 5 nitrogen and oxygen atoms in total. The number of hydrogen-bond donors (Lipinski definition) is 1. The summed E-state index contributed by atoms with van der Waals surface area (Å²) in [5.74, 6) is 0.673. The molecule has 0 fully saturated rings. The summed E-state index contributed by atoms with van der Waals surface area (Å²) in [5, 5.41) is 17.9. The van der Waals surface area contributed by atoms with Crippen LogP contribution in [0.5, 0.6) is 5.75 Å². The number of hydrogen-bond acceptors (Lipinski definition) is 7. The molecule has 19 heavy (non-hydrogen) atoms. The fraction of sp³-hybridized carbons (Fsp3) is 0.0833. The minimum absolute atomic E-state index is 0.0737. The number of thioether (sulfide) groups is 1. The van der Waals surface area contributed by atoms with Crippen molar-refractivity contribution in [2.45, 2.75) is 10.1 Å². The van der Waals surface area contributed by atoms with Crippen molar-refractivity contribution in [2.24, 2.45) is 0 Å². The van der Waals surface area contributed by atoms with Crippen molar-refractivity contribution in [1.82, 2.24) is 10.2 Å². The Kier molecular flexibility index (Phi) is 3.22. The maximum Gasteiger partial charge on any atom is 0.336 e. The van der Waals surface area contributed by atoms with Crippen molar-refractivity contribution in [3.05, 3.63) is 45.8 Å². The molecule has 2 aromatic heterocycles. The van der Waals surface area contributed by atoms with Crippen LogP contribution in [0.15, 0.2) is 43.3 Å². The van der Waals surface area contributed by atoms with Crippen LogP contribution in [0.25, 0.3) is 11.0 Å². The first-order valence-electron chi connectivity index (χ1n) is 5.37. The van der Waals surface area contributed by atoms with Crippen LogP contribution in [-0.2, 0) is 5.75 Å². The number of phenolic OH excluding ortho intramolecular Hbond substituents is 1. The lowest BCUT2D eigenvalue weighted by Crippen LogP contribution is -1.99. The molecule has 3 rings (SSSR count). The molecule has 0 atom stereocenters. The maximum absolute atomic E-state index is 11.5. The molecule has 0 aliphatic heterocycles. The fourth-order valence-corrected chi connectivity index (χ4v) is 3.18. The Labute approximate surface area is 115 Å². The molecule has 0 bridgehead atoms. The predicted molar refractivity (Wildman–Crippen MR) is 73.6 cm³/mol. The van der Waals surface area contributed by atoms with E-state index in [9.17, 15) is 9.90 Å². The Hall–Kier alpha value is -1.86. The zero-order chi connectivity index (χ0) is 13.2. The highest BCUT2D eigenvalue weighted by Gasteiger charge is 2.08. The second-order valence-corrected chi connectivity index (χ2v) is 5.82. The van der Waals surface area contributed by atoms with E-state index in [4.69, 9.17) is 4.42 Å². The van der Waals surface area contributed by atoms with E-state index in [2.05, 4.69) is 10.2 Å². The molecule has 0 aliphatic carbocycles. The molecule has 0 aliphatic rings. The fourth-order valence-electron chi connectivity index (χ4n) is 1.70. The van der Waals surface area contributed by atoms with Crippen molar-refractivity contribution in [1.29, 1.82) is 0 Å². The topological polar surface area (TPSA) is 76.2 Å². The van der Waals surface area contributed by atoms with Crippen LogP contribution in [0, 0.1) is 0 Å². The lowest BCUT2D eigenvalue weighted by Gasteiger charge is -2.04. The van der Waals surface area contributed by atoms with E-state index in [1.807, 2.05) is 0 Å². The van der Waals surface area contributed by atoms with Gasteiger partial charge in [-0.2, -0.15) is 0 Å². The van der Waals surface area contributed by atoms with Gasteiger partial charge in [-0.25, -0.2) is 4.79 Å². The molecule has 1 aromatic carbocycles. The Balaban J connectivity index is 2.00. The zero-order valence-corrected chi connectivity index (χ0v) is 11.2. The van der Waals surface area contributed by atoms with Gasteiger partial charge < -0.3 is 9.52 Å². The largest absolute Gasteiger partial charge is 0.508 e. The van der Waals surface area contributed by atoms with Gasteiger partial charge in [-0.3, -0.25) is 0 Å². The van der Waals surface area contributed by atoms with Gasteiger partial charge in [0.2, 0.25) is 0 Å². The summed E-state index contributed by atoms with van der Waals surface area (Å²) in [5.41, 5.74) is 2.48. The third kappa shape index (κ3) is 2.61. The average Bonchev–Trinajstić information content (AvgIpc) is 2.88. The van der Waals surface area contributed by atoms with E-state index in [0.717, 1.165) is 15.3 Å². The van der Waals surface area contributed by atoms with Crippen LogP contribution < -0.4 is 5.63 Å². The third-order valence-corrected chi connectivity index (χ3v) is 4.41. The van der Waals surface area contributed by atoms with Gasteiger partial charge in [-0.15, -0.1) is 10.2 Å². The van der Waals surface area contributed by atoms with E-state index < -0.39 is 5.63 Å². The molecule has 0 spiro atoms. The number of phenols is 1. The summed E-state index contributed by atoms with van der Waals surface area (Å²) in [4.78, 5) is 11.5. The maximum atomic E-state index is 11.5. The smallest absolute Gasteiger partial charge is 0.336 e. The summed E-state index contributed by atoms with van der Waals surface area (Å²) in [6.07, 6.45) is 0. The number of aromatic nitrogens is 2. The van der Waals surface area contributed by atoms with Crippen LogP contribution in [0.4, 0.5) is 0 Å². The van der Waals surface area contributed by atoms with E-state index >= 15 is 0 Å². The van der Waals surface area contributed by atoms with Gasteiger partial charge in [0, 0.05) is 23.3 Å². The molecule has 0 saturated heterocycles. The second kappa shape index (κ2) is 5.02. The van der Waals surface area contributed by atoms with Crippen molar-refractivity contribution in [3.8, 4) is 5.75 Å². The third-order valence-electron chi connectivity index (χ3n) is 2.50. The van der Waals surface area contributed by atoms with E-state index in [-0.39, 0.29) is 5.75 Å². The molecule has 2 heterocycles. The quantitative estimate of drug-likeness (QED) is 0.591. The van der Waals surface area contributed by atoms with Crippen molar-refractivity contribution >= 4 is 34.1 Å². The summed E-state index contributed by atoms with van der Waals surface area (Å²) >= 11 is 2.96. The first-order valence-corrected chi connectivity index (χ1v) is 7.23. The molecule has 0 amide bonds. The van der Waals surface area contributed by atoms with Gasteiger partial charge in [0.15, 0.2) is 4.34 Å². The average molecular weight is 292 g/mol. The summed E-state index contributed by atoms with van der Waals surface area (Å²) in [6, 6.07) is 6.22. The Morgan fingerprint density at radius 2 is 2.26 bits per heavy atom. The Morgan fingerprint density at radius 3 is 3.05 bits per heavy atom. The highest BCUT2D eigenvalue weighted by Crippen LogP contribution is 2.28. The summed E-state index contributed by atoms with van der Waals surface area (Å²) in [6.45, 7) is 0. The van der Waals surface area contributed by atoms with Crippen LogP contribution in [0.3, 0.4) is 0 Å². The standard InChI is InChI=1S/C12H8N2O3S2/c15-8-1-2-9-7(3-11(16)17-10(9)4-8)5-18-12-14-13-6-19-12/h1-4,6,15H,5H2. The molecule has 0 saturated carbocycles. The summed E-state index contributed by atoms with van der Waals surface area (Å²) < 4.78 is 5.92. The lowest BCUT2D eigenvalue weighted by atomic mass is 10.1. The first-order chi connectivity index (χ1) is 9.22. The van der Waals surface area contributed by atoms with Gasteiger partial charge in [-0.05, 0) is 17.7 Å². The Morgan fingerprint density at radius 1 is 1.37 bits per heavy atom. The Bertz CT molecular complexity index is 768. The number of rotatable bonds is 3. The van der Waals surface area contributed by atoms with E-state index in [1.54, 1.807) is 17.6 Å². The predicted octanol–water partition coefficient (Wildman–Crippen LogP) is 2.64. The van der Waals surface area contributed by atoms with Gasteiger partial charge >= 0.3 is 5.63 Å². The van der Waals surface area contributed by atoms with E-state index in [0.29, 0.717) is 11.3 Å². The number of aromatic hydroxyl groups is 1. The highest BCUT2D eigenvalue weighted by atomic mass is 32.2. The number of fused-ring (bicyclic) bond motifs is 1. The molecular weight excluding hydrogens is 284 g/mol. The van der Waals surface area contributed by atoms with Crippen LogP contribution in [0.2, 0.25) is 0 Å². The molecule has 0 radical (unpaired) electrons. The SMILES string of the molecule is O=c1cc(CSc2nncs2)c2ccc(O)cc2o1. The molecule has 96 valence electrons. The van der Waals surface area contributed by atoms with Crippen LogP contribution in [0.1, 0.15) is 5.56 Å². The van der Waals surface area contributed by atoms with Gasteiger partial charge in [0.25, 0.3) is 0 Å². The second-order valence-electron chi connectivity index (χ2n) is 3.76. The van der Waals surface area contributed by atoms with Crippen molar-refractivity contribution in [3.63, 3.8) is 0 Å². The van der Waals surface area contributed by atoms with E-state index in [1.165, 1.54) is 35.2 Å². The van der Waals surface area contributed by atoms with Crippen molar-refractivity contribution < 1.29 is 9.52 Å². The first kappa shape index (κ1) is 12.2. The van der Waals surface area contributed by atoms with Gasteiger partial charge in [-0.1, -0.05) is 23.1 Å². The highest BCUT2D eigenvalue weighted by molar-refractivity contribution is 8.00. The number of nitrogens with zero attached hydrogens (tertiary/aromatic N) is 2. The molecule has 3 aromatic rings. The van der Waals surface area contributed by atoms with Crippen LogP contribution in [-0.4, -0.2) is 15.3 Å².